The molecule has 0 aliphatic carbocycles. The first-order valence-corrected chi connectivity index (χ1v) is 5.61. The molecule has 0 bridgehead atoms. The van der Waals surface area contributed by atoms with Crippen LogP contribution in [0.25, 0.3) is 16.9 Å². The zero-order valence-corrected chi connectivity index (χ0v) is 10.1. The van der Waals surface area contributed by atoms with Gasteiger partial charge in [-0.15, -0.1) is 0 Å². The SMILES string of the molecule is CNc1nc(C)nc2c1cnn2-c1ccccn1. The van der Waals surface area contributed by atoms with Gasteiger partial charge in [0.05, 0.1) is 11.6 Å². The molecule has 0 aliphatic rings. The molecule has 6 heteroatoms. The predicted octanol–water partition coefficient (Wildman–Crippen LogP) is 1.56. The summed E-state index contributed by atoms with van der Waals surface area (Å²) >= 11 is 0. The molecule has 0 aliphatic heterocycles. The summed E-state index contributed by atoms with van der Waals surface area (Å²) in [6, 6.07) is 5.68. The molecule has 0 unspecified atom stereocenters. The highest BCUT2D eigenvalue weighted by Gasteiger charge is 2.11. The van der Waals surface area contributed by atoms with Gasteiger partial charge < -0.3 is 5.32 Å². The summed E-state index contributed by atoms with van der Waals surface area (Å²) in [5, 5.41) is 8.26. The van der Waals surface area contributed by atoms with Crippen LogP contribution in [-0.2, 0) is 0 Å². The van der Waals surface area contributed by atoms with Crippen LogP contribution < -0.4 is 5.32 Å². The summed E-state index contributed by atoms with van der Waals surface area (Å²) in [5.41, 5.74) is 0.755. The van der Waals surface area contributed by atoms with E-state index in [1.807, 2.05) is 32.2 Å². The number of nitrogens with zero attached hydrogens (tertiary/aromatic N) is 5. The highest BCUT2D eigenvalue weighted by molar-refractivity contribution is 5.87. The first kappa shape index (κ1) is 10.6. The minimum atomic E-state index is 0.699. The number of aromatic nitrogens is 5. The van der Waals surface area contributed by atoms with E-state index < -0.39 is 0 Å². The van der Waals surface area contributed by atoms with Gasteiger partial charge in [-0.25, -0.2) is 15.0 Å². The largest absolute Gasteiger partial charge is 0.372 e. The smallest absolute Gasteiger partial charge is 0.170 e. The van der Waals surface area contributed by atoms with Crippen LogP contribution in [0.4, 0.5) is 5.82 Å². The fourth-order valence-electron chi connectivity index (χ4n) is 1.85. The quantitative estimate of drug-likeness (QED) is 0.736. The molecule has 0 radical (unpaired) electrons. The lowest BCUT2D eigenvalue weighted by molar-refractivity contribution is 0.858. The van der Waals surface area contributed by atoms with E-state index >= 15 is 0 Å². The number of nitrogens with one attached hydrogen (secondary N) is 1. The molecule has 3 rings (SSSR count). The normalized spacial score (nSPS) is 10.8. The highest BCUT2D eigenvalue weighted by atomic mass is 15.3. The van der Waals surface area contributed by atoms with Crippen molar-refractivity contribution in [2.24, 2.45) is 0 Å². The second-order valence-corrected chi connectivity index (χ2v) is 3.85. The average Bonchev–Trinajstić information content (AvgIpc) is 2.82. The molecular formula is C12H12N6. The molecule has 3 aromatic rings. The van der Waals surface area contributed by atoms with Crippen molar-refractivity contribution in [1.29, 1.82) is 0 Å². The van der Waals surface area contributed by atoms with Crippen LogP contribution in [0, 0.1) is 6.92 Å². The second kappa shape index (κ2) is 4.06. The van der Waals surface area contributed by atoms with Gasteiger partial charge in [0.15, 0.2) is 11.5 Å². The minimum Gasteiger partial charge on any atom is -0.372 e. The highest BCUT2D eigenvalue weighted by Crippen LogP contribution is 2.21. The number of anilines is 1. The van der Waals surface area contributed by atoms with Crippen LogP contribution in [-0.4, -0.2) is 31.8 Å². The van der Waals surface area contributed by atoms with Gasteiger partial charge in [-0.2, -0.15) is 9.78 Å². The predicted molar refractivity (Wildman–Crippen MR) is 68.7 cm³/mol. The van der Waals surface area contributed by atoms with Crippen molar-refractivity contribution < 1.29 is 0 Å². The van der Waals surface area contributed by atoms with Crippen LogP contribution in [0.1, 0.15) is 5.82 Å². The Kier molecular flexibility index (Phi) is 2.40. The zero-order valence-electron chi connectivity index (χ0n) is 10.1. The van der Waals surface area contributed by atoms with Crippen molar-refractivity contribution in [2.45, 2.75) is 6.92 Å². The number of pyridine rings is 1. The molecule has 0 fully saturated rings. The van der Waals surface area contributed by atoms with Gasteiger partial charge in [-0.05, 0) is 19.1 Å². The number of rotatable bonds is 2. The lowest BCUT2D eigenvalue weighted by Gasteiger charge is -2.04. The first-order chi connectivity index (χ1) is 8.79. The molecule has 0 spiro atoms. The van der Waals surface area contributed by atoms with Crippen LogP contribution >= 0.6 is 0 Å². The maximum Gasteiger partial charge on any atom is 0.170 e. The third kappa shape index (κ3) is 1.58. The Morgan fingerprint density at radius 1 is 1.22 bits per heavy atom. The lowest BCUT2D eigenvalue weighted by Crippen LogP contribution is -2.02. The van der Waals surface area contributed by atoms with Crippen molar-refractivity contribution in [2.75, 3.05) is 12.4 Å². The van der Waals surface area contributed by atoms with E-state index in [1.54, 1.807) is 17.1 Å². The van der Waals surface area contributed by atoms with Crippen LogP contribution in [0.2, 0.25) is 0 Å². The molecule has 0 saturated carbocycles. The van der Waals surface area contributed by atoms with Gasteiger partial charge in [-0.1, -0.05) is 6.07 Å². The minimum absolute atomic E-state index is 0.699. The first-order valence-electron chi connectivity index (χ1n) is 5.61. The lowest BCUT2D eigenvalue weighted by atomic mass is 10.4. The molecule has 0 amide bonds. The summed E-state index contributed by atoms with van der Waals surface area (Å²) in [6.07, 6.45) is 3.48. The van der Waals surface area contributed by atoms with Crippen molar-refractivity contribution in [3.63, 3.8) is 0 Å². The molecule has 3 heterocycles. The van der Waals surface area contributed by atoms with Crippen LogP contribution in [0.3, 0.4) is 0 Å². The third-order valence-electron chi connectivity index (χ3n) is 2.64. The Hall–Kier alpha value is -2.50. The zero-order chi connectivity index (χ0) is 12.5. The molecule has 0 saturated heterocycles. The molecule has 90 valence electrons. The molecule has 1 N–H and O–H groups in total. The van der Waals surface area contributed by atoms with Crippen molar-refractivity contribution in [3.8, 4) is 5.82 Å². The van der Waals surface area contributed by atoms with E-state index in [9.17, 15) is 0 Å². The second-order valence-electron chi connectivity index (χ2n) is 3.85. The van der Waals surface area contributed by atoms with Crippen molar-refractivity contribution in [1.82, 2.24) is 24.7 Å². The Morgan fingerprint density at radius 2 is 2.11 bits per heavy atom. The molecule has 6 nitrogen and oxygen atoms in total. The maximum atomic E-state index is 4.43. The van der Waals surface area contributed by atoms with Gasteiger partial charge in [0.2, 0.25) is 0 Å². The Labute approximate surface area is 104 Å². The molecule has 0 aromatic carbocycles. The van der Waals surface area contributed by atoms with E-state index in [4.69, 9.17) is 0 Å². The van der Waals surface area contributed by atoms with E-state index in [2.05, 4.69) is 25.4 Å². The fourth-order valence-corrected chi connectivity index (χ4v) is 1.85. The van der Waals surface area contributed by atoms with Crippen LogP contribution in [0.5, 0.6) is 0 Å². The number of hydrogen-bond acceptors (Lipinski definition) is 5. The Bertz CT molecular complexity index is 688. The number of hydrogen-bond donors (Lipinski definition) is 1. The summed E-state index contributed by atoms with van der Waals surface area (Å²) in [5.74, 6) is 2.22. The Balaban J connectivity index is 2.30. The summed E-state index contributed by atoms with van der Waals surface area (Å²) in [4.78, 5) is 13.0. The van der Waals surface area contributed by atoms with Crippen LogP contribution in [0.15, 0.2) is 30.6 Å². The average molecular weight is 240 g/mol. The Morgan fingerprint density at radius 3 is 2.83 bits per heavy atom. The third-order valence-corrected chi connectivity index (χ3v) is 2.64. The molecular weight excluding hydrogens is 228 g/mol. The molecule has 18 heavy (non-hydrogen) atoms. The topological polar surface area (TPSA) is 68.5 Å². The van der Waals surface area contributed by atoms with Gasteiger partial charge in [0.1, 0.15) is 11.6 Å². The summed E-state index contributed by atoms with van der Waals surface area (Å²) < 4.78 is 1.71. The standard InChI is InChI=1S/C12H12N6/c1-8-16-11(13-2)9-7-15-18(12(9)17-8)10-5-3-4-6-14-10/h3-7H,1-2H3,(H,13,16,17). The summed E-state index contributed by atoms with van der Waals surface area (Å²) in [7, 11) is 1.83. The van der Waals surface area contributed by atoms with E-state index in [-0.39, 0.29) is 0 Å². The molecule has 3 aromatic heterocycles. The number of fused-ring (bicyclic) bond motifs is 1. The van der Waals surface area contributed by atoms with Gasteiger partial charge in [0, 0.05) is 13.2 Å². The van der Waals surface area contributed by atoms with E-state index in [0.717, 1.165) is 22.7 Å². The van der Waals surface area contributed by atoms with E-state index in [1.165, 1.54) is 0 Å². The van der Waals surface area contributed by atoms with Crippen molar-refractivity contribution in [3.05, 3.63) is 36.4 Å². The molecule has 0 atom stereocenters. The van der Waals surface area contributed by atoms with Gasteiger partial charge in [0.25, 0.3) is 0 Å². The van der Waals surface area contributed by atoms with E-state index in [0.29, 0.717) is 5.82 Å². The number of aryl methyl sites for hydroxylation is 1. The fraction of sp³-hybridized carbons (Fsp3) is 0.167. The van der Waals surface area contributed by atoms with Crippen molar-refractivity contribution >= 4 is 16.9 Å². The summed E-state index contributed by atoms with van der Waals surface area (Å²) in [6.45, 7) is 1.86. The maximum absolute atomic E-state index is 4.43. The monoisotopic (exact) mass is 240 g/mol. The van der Waals surface area contributed by atoms with Gasteiger partial charge in [-0.3, -0.25) is 0 Å². The van der Waals surface area contributed by atoms with Gasteiger partial charge >= 0.3 is 0 Å².